The van der Waals surface area contributed by atoms with E-state index in [-0.39, 0.29) is 17.7 Å². The molecule has 6 nitrogen and oxygen atoms in total. The summed E-state index contributed by atoms with van der Waals surface area (Å²) in [6, 6.07) is 16.7. The zero-order chi connectivity index (χ0) is 20.8. The van der Waals surface area contributed by atoms with Gasteiger partial charge in [0.15, 0.2) is 6.10 Å². The van der Waals surface area contributed by atoms with Crippen LogP contribution in [0.15, 0.2) is 54.6 Å². The molecule has 0 radical (unpaired) electrons. The summed E-state index contributed by atoms with van der Waals surface area (Å²) in [5.41, 5.74) is 1.95. The van der Waals surface area contributed by atoms with E-state index in [4.69, 9.17) is 4.74 Å². The Morgan fingerprint density at radius 3 is 2.45 bits per heavy atom. The van der Waals surface area contributed by atoms with E-state index in [1.165, 1.54) is 0 Å². The van der Waals surface area contributed by atoms with E-state index >= 15 is 0 Å². The quantitative estimate of drug-likeness (QED) is 0.732. The molecule has 0 saturated carbocycles. The molecular formula is C23H26N2O4. The topological polar surface area (TPSA) is 75.7 Å². The Balaban J connectivity index is 1.59. The minimum atomic E-state index is -0.937. The lowest BCUT2D eigenvalue weighted by Gasteiger charge is -2.20. The minimum Gasteiger partial charge on any atom is -0.449 e. The van der Waals surface area contributed by atoms with Crippen LogP contribution in [0.2, 0.25) is 0 Å². The van der Waals surface area contributed by atoms with Gasteiger partial charge in [-0.25, -0.2) is 4.79 Å². The maximum absolute atomic E-state index is 12.7. The second kappa shape index (κ2) is 9.37. The average Bonchev–Trinajstić information content (AvgIpc) is 3.17. The van der Waals surface area contributed by atoms with Crippen LogP contribution in [0.3, 0.4) is 0 Å². The van der Waals surface area contributed by atoms with Crippen molar-refractivity contribution in [2.75, 3.05) is 18.0 Å². The summed E-state index contributed by atoms with van der Waals surface area (Å²) >= 11 is 0. The number of anilines is 1. The molecule has 2 atom stereocenters. The second-order valence-corrected chi connectivity index (χ2v) is 7.27. The van der Waals surface area contributed by atoms with Gasteiger partial charge in [0.05, 0.1) is 11.3 Å². The Bertz CT molecular complexity index is 881. The molecular weight excluding hydrogens is 368 g/mol. The molecule has 0 aromatic heterocycles. The summed E-state index contributed by atoms with van der Waals surface area (Å²) in [5.74, 6) is -0.828. The molecule has 1 heterocycles. The number of benzene rings is 2. The van der Waals surface area contributed by atoms with Crippen molar-refractivity contribution in [3.63, 3.8) is 0 Å². The molecule has 6 heteroatoms. The number of amides is 2. The minimum absolute atomic E-state index is 0.00839. The molecule has 1 fully saturated rings. The van der Waals surface area contributed by atoms with Gasteiger partial charge in [0.25, 0.3) is 5.91 Å². The summed E-state index contributed by atoms with van der Waals surface area (Å²) in [6.07, 6.45) is 0.301. The third kappa shape index (κ3) is 5.02. The summed E-state index contributed by atoms with van der Waals surface area (Å²) in [7, 11) is 0. The van der Waals surface area contributed by atoms with Crippen molar-refractivity contribution in [2.24, 2.45) is 0 Å². The molecule has 0 aliphatic carbocycles. The Kier molecular flexibility index (Phi) is 6.65. The standard InChI is InChI=1S/C23H26N2O4/c1-16(18-9-4-3-5-10-18)15-24-22(27)17(2)29-23(28)19-11-6-7-12-20(19)25-14-8-13-21(25)26/h3-7,9-12,16-17H,8,13-15H2,1-2H3,(H,24,27)/t16-,17-/m0/s1. The summed E-state index contributed by atoms with van der Waals surface area (Å²) in [6.45, 7) is 4.60. The molecule has 1 N–H and O–H groups in total. The van der Waals surface area contributed by atoms with Gasteiger partial charge in [-0.3, -0.25) is 9.59 Å². The Morgan fingerprint density at radius 1 is 1.07 bits per heavy atom. The number of para-hydroxylation sites is 1. The van der Waals surface area contributed by atoms with Crippen molar-refractivity contribution in [3.8, 4) is 0 Å². The van der Waals surface area contributed by atoms with Crippen LogP contribution in [-0.4, -0.2) is 37.0 Å². The predicted molar refractivity (Wildman–Crippen MR) is 111 cm³/mol. The number of carbonyl (C=O) groups excluding carboxylic acids is 3. The Labute approximate surface area is 170 Å². The molecule has 0 spiro atoms. The van der Waals surface area contributed by atoms with Gasteiger partial charge < -0.3 is 15.0 Å². The third-order valence-electron chi connectivity index (χ3n) is 5.09. The van der Waals surface area contributed by atoms with Gasteiger partial charge in [-0.2, -0.15) is 0 Å². The second-order valence-electron chi connectivity index (χ2n) is 7.27. The molecule has 1 aliphatic heterocycles. The molecule has 29 heavy (non-hydrogen) atoms. The van der Waals surface area contributed by atoms with Crippen LogP contribution < -0.4 is 10.2 Å². The molecule has 2 amide bonds. The fourth-order valence-corrected chi connectivity index (χ4v) is 3.36. The zero-order valence-electron chi connectivity index (χ0n) is 16.8. The highest BCUT2D eigenvalue weighted by molar-refractivity contribution is 6.04. The highest BCUT2D eigenvalue weighted by Crippen LogP contribution is 2.26. The van der Waals surface area contributed by atoms with Gasteiger partial charge in [-0.1, -0.05) is 49.4 Å². The maximum atomic E-state index is 12.7. The van der Waals surface area contributed by atoms with Crippen molar-refractivity contribution in [1.82, 2.24) is 5.32 Å². The molecule has 0 unspecified atom stereocenters. The van der Waals surface area contributed by atoms with Crippen LogP contribution in [0.4, 0.5) is 5.69 Å². The fourth-order valence-electron chi connectivity index (χ4n) is 3.36. The average molecular weight is 394 g/mol. The molecule has 2 aromatic rings. The number of nitrogens with one attached hydrogen (secondary N) is 1. The zero-order valence-corrected chi connectivity index (χ0v) is 16.8. The molecule has 1 saturated heterocycles. The Hall–Kier alpha value is -3.15. The van der Waals surface area contributed by atoms with Crippen molar-refractivity contribution >= 4 is 23.5 Å². The van der Waals surface area contributed by atoms with Gasteiger partial charge in [0.1, 0.15) is 0 Å². The van der Waals surface area contributed by atoms with Crippen LogP contribution >= 0.6 is 0 Å². The van der Waals surface area contributed by atoms with Crippen LogP contribution in [-0.2, 0) is 14.3 Å². The van der Waals surface area contributed by atoms with Gasteiger partial charge in [0, 0.05) is 19.5 Å². The van der Waals surface area contributed by atoms with Gasteiger partial charge in [-0.05, 0) is 37.0 Å². The first-order valence-corrected chi connectivity index (χ1v) is 9.90. The number of nitrogens with zero attached hydrogens (tertiary/aromatic N) is 1. The maximum Gasteiger partial charge on any atom is 0.341 e. The normalized spacial score (nSPS) is 15.7. The van der Waals surface area contributed by atoms with E-state index in [0.717, 1.165) is 12.0 Å². The Morgan fingerprint density at radius 2 is 1.76 bits per heavy atom. The van der Waals surface area contributed by atoms with Crippen molar-refractivity contribution < 1.29 is 19.1 Å². The predicted octanol–water partition coefficient (Wildman–Crippen LogP) is 3.28. The first-order valence-electron chi connectivity index (χ1n) is 9.90. The highest BCUT2D eigenvalue weighted by atomic mass is 16.5. The van der Waals surface area contributed by atoms with Crippen LogP contribution in [0.25, 0.3) is 0 Å². The van der Waals surface area contributed by atoms with Crippen molar-refractivity contribution in [1.29, 1.82) is 0 Å². The number of rotatable bonds is 7. The molecule has 0 bridgehead atoms. The van der Waals surface area contributed by atoms with E-state index in [0.29, 0.717) is 30.8 Å². The SMILES string of the molecule is C[C@H](OC(=O)c1ccccc1N1CCCC1=O)C(=O)NC[C@H](C)c1ccccc1. The smallest absolute Gasteiger partial charge is 0.341 e. The number of hydrogen-bond donors (Lipinski definition) is 1. The number of ether oxygens (including phenoxy) is 1. The van der Waals surface area contributed by atoms with E-state index < -0.39 is 12.1 Å². The molecule has 3 rings (SSSR count). The van der Waals surface area contributed by atoms with Crippen LogP contribution in [0.1, 0.15) is 48.5 Å². The fraction of sp³-hybridized carbons (Fsp3) is 0.348. The first-order chi connectivity index (χ1) is 14.0. The van der Waals surface area contributed by atoms with E-state index in [1.54, 1.807) is 36.1 Å². The number of carbonyl (C=O) groups is 3. The lowest BCUT2D eigenvalue weighted by atomic mass is 10.0. The van der Waals surface area contributed by atoms with Crippen LogP contribution in [0, 0.1) is 0 Å². The first kappa shape index (κ1) is 20.6. The number of esters is 1. The van der Waals surface area contributed by atoms with Gasteiger partial charge in [0.2, 0.25) is 5.91 Å². The molecule has 2 aromatic carbocycles. The van der Waals surface area contributed by atoms with Crippen LogP contribution in [0.5, 0.6) is 0 Å². The van der Waals surface area contributed by atoms with E-state index in [1.807, 2.05) is 37.3 Å². The lowest BCUT2D eigenvalue weighted by Crippen LogP contribution is -2.38. The van der Waals surface area contributed by atoms with Crippen molar-refractivity contribution in [3.05, 3.63) is 65.7 Å². The number of hydrogen-bond acceptors (Lipinski definition) is 4. The molecule has 152 valence electrons. The largest absolute Gasteiger partial charge is 0.449 e. The molecule has 1 aliphatic rings. The van der Waals surface area contributed by atoms with E-state index in [9.17, 15) is 14.4 Å². The summed E-state index contributed by atoms with van der Waals surface area (Å²) in [5, 5.41) is 2.83. The lowest BCUT2D eigenvalue weighted by molar-refractivity contribution is -0.129. The van der Waals surface area contributed by atoms with E-state index in [2.05, 4.69) is 5.32 Å². The highest BCUT2D eigenvalue weighted by Gasteiger charge is 2.27. The van der Waals surface area contributed by atoms with Gasteiger partial charge >= 0.3 is 5.97 Å². The summed E-state index contributed by atoms with van der Waals surface area (Å²) < 4.78 is 5.38. The van der Waals surface area contributed by atoms with Gasteiger partial charge in [-0.15, -0.1) is 0 Å². The third-order valence-corrected chi connectivity index (χ3v) is 5.09. The van der Waals surface area contributed by atoms with Crippen molar-refractivity contribution in [2.45, 2.75) is 38.7 Å². The monoisotopic (exact) mass is 394 g/mol. The summed E-state index contributed by atoms with van der Waals surface area (Å²) in [4.78, 5) is 38.7.